The van der Waals surface area contributed by atoms with Gasteiger partial charge in [0.25, 0.3) is 0 Å². The molecule has 0 aliphatic heterocycles. The first-order valence-electron chi connectivity index (χ1n) is 9.20. The molecule has 0 spiro atoms. The van der Waals surface area contributed by atoms with Crippen molar-refractivity contribution in [3.63, 3.8) is 0 Å². The molecular formula is C20H22CaCl2N2O6. The van der Waals surface area contributed by atoms with Crippen LogP contribution >= 0.6 is 23.2 Å². The molecule has 11 heteroatoms. The van der Waals surface area contributed by atoms with E-state index in [1.165, 1.54) is 24.5 Å². The number of ether oxygens (including phenoxy) is 2. The third kappa shape index (κ3) is 13.6. The Kier molecular flexibility index (Phi) is 17.5. The number of carboxylic acid groups (broad SMARTS) is 2. The fourth-order valence-electron chi connectivity index (χ4n) is 1.95. The third-order valence-electron chi connectivity index (χ3n) is 3.48. The molecule has 31 heavy (non-hydrogen) atoms. The SMILES string of the molecule is O=C([O-])c1ccc(OCCCCCl)cn1.O=C([O-])c1ccc(OCCCCCl)cn1.[Ca+2]. The van der Waals surface area contributed by atoms with E-state index in [0.717, 1.165) is 25.7 Å². The second-order valence-corrected chi connectivity index (χ2v) is 6.58. The van der Waals surface area contributed by atoms with E-state index >= 15 is 0 Å². The fraction of sp³-hybridized carbons (Fsp3) is 0.400. The van der Waals surface area contributed by atoms with Gasteiger partial charge < -0.3 is 29.3 Å². The molecule has 0 aromatic carbocycles. The monoisotopic (exact) mass is 496 g/mol. The molecule has 0 unspecified atom stereocenters. The van der Waals surface area contributed by atoms with E-state index in [-0.39, 0.29) is 49.1 Å². The Balaban J connectivity index is 0.000000562. The number of aromatic nitrogens is 2. The van der Waals surface area contributed by atoms with Crippen molar-refractivity contribution in [3.05, 3.63) is 48.0 Å². The van der Waals surface area contributed by atoms with Crippen LogP contribution in [0.15, 0.2) is 36.7 Å². The largest absolute Gasteiger partial charge is 2.00 e. The Bertz CT molecular complexity index is 698. The topological polar surface area (TPSA) is 124 Å². The van der Waals surface area contributed by atoms with Crippen molar-refractivity contribution in [1.82, 2.24) is 9.97 Å². The van der Waals surface area contributed by atoms with Crippen LogP contribution in [0.4, 0.5) is 0 Å². The number of carbonyl (C=O) groups is 2. The first kappa shape index (κ1) is 29.7. The molecule has 0 atom stereocenters. The van der Waals surface area contributed by atoms with Crippen LogP contribution in [-0.4, -0.2) is 84.6 Å². The van der Waals surface area contributed by atoms with Gasteiger partial charge in [-0.1, -0.05) is 0 Å². The minimum atomic E-state index is -1.29. The first-order valence-corrected chi connectivity index (χ1v) is 10.3. The molecule has 0 N–H and O–H groups in total. The minimum Gasteiger partial charge on any atom is -0.543 e. The minimum absolute atomic E-state index is 0. The Morgan fingerprint density at radius 1 is 0.742 bits per heavy atom. The van der Waals surface area contributed by atoms with Crippen molar-refractivity contribution in [2.75, 3.05) is 25.0 Å². The molecule has 2 heterocycles. The predicted molar refractivity (Wildman–Crippen MR) is 114 cm³/mol. The molecule has 0 bridgehead atoms. The zero-order valence-electron chi connectivity index (χ0n) is 16.9. The number of carbonyl (C=O) groups excluding carboxylic acids is 2. The van der Waals surface area contributed by atoms with Crippen LogP contribution < -0.4 is 19.7 Å². The molecule has 2 aromatic rings. The van der Waals surface area contributed by atoms with Gasteiger partial charge in [-0.3, -0.25) is 9.97 Å². The number of carboxylic acids is 2. The quantitative estimate of drug-likeness (QED) is 0.244. The molecule has 0 radical (unpaired) electrons. The smallest absolute Gasteiger partial charge is 0.543 e. The number of hydrogen-bond acceptors (Lipinski definition) is 8. The molecular weight excluding hydrogens is 475 g/mol. The number of alkyl halides is 2. The van der Waals surface area contributed by atoms with Crippen molar-refractivity contribution < 1.29 is 29.3 Å². The zero-order chi connectivity index (χ0) is 22.2. The van der Waals surface area contributed by atoms with E-state index in [9.17, 15) is 19.8 Å². The molecule has 2 aromatic heterocycles. The average molecular weight is 497 g/mol. The van der Waals surface area contributed by atoms with Gasteiger partial charge in [-0.25, -0.2) is 0 Å². The van der Waals surface area contributed by atoms with E-state index in [1.54, 1.807) is 12.1 Å². The van der Waals surface area contributed by atoms with Gasteiger partial charge in [-0.05, 0) is 49.9 Å². The summed E-state index contributed by atoms with van der Waals surface area (Å²) in [6.45, 7) is 1.11. The van der Waals surface area contributed by atoms with Gasteiger partial charge in [-0.2, -0.15) is 0 Å². The Labute approximate surface area is 220 Å². The molecule has 0 aliphatic rings. The van der Waals surface area contributed by atoms with E-state index in [1.807, 2.05) is 0 Å². The zero-order valence-corrected chi connectivity index (χ0v) is 20.6. The van der Waals surface area contributed by atoms with Crippen molar-refractivity contribution >= 4 is 72.9 Å². The Morgan fingerprint density at radius 3 is 1.39 bits per heavy atom. The fourth-order valence-corrected chi connectivity index (χ4v) is 2.32. The van der Waals surface area contributed by atoms with Crippen molar-refractivity contribution in [1.29, 1.82) is 0 Å². The van der Waals surface area contributed by atoms with E-state index in [0.29, 0.717) is 36.5 Å². The maximum Gasteiger partial charge on any atom is 2.00 e. The van der Waals surface area contributed by atoms with Gasteiger partial charge in [0, 0.05) is 11.8 Å². The molecule has 0 fully saturated rings. The van der Waals surface area contributed by atoms with Gasteiger partial charge in [0.05, 0.1) is 48.9 Å². The predicted octanol–water partition coefficient (Wildman–Crippen LogP) is 1.30. The maximum absolute atomic E-state index is 10.4. The summed E-state index contributed by atoms with van der Waals surface area (Å²) in [4.78, 5) is 28.1. The van der Waals surface area contributed by atoms with Crippen molar-refractivity contribution in [2.45, 2.75) is 25.7 Å². The number of unbranched alkanes of at least 4 members (excludes halogenated alkanes) is 2. The van der Waals surface area contributed by atoms with Crippen LogP contribution in [0.1, 0.15) is 46.7 Å². The number of nitrogens with zero attached hydrogens (tertiary/aromatic N) is 2. The summed E-state index contributed by atoms with van der Waals surface area (Å²) in [7, 11) is 0. The van der Waals surface area contributed by atoms with Gasteiger partial charge in [0.2, 0.25) is 0 Å². The summed E-state index contributed by atoms with van der Waals surface area (Å²) in [5, 5.41) is 20.8. The van der Waals surface area contributed by atoms with Crippen LogP contribution in [0.2, 0.25) is 0 Å². The average Bonchev–Trinajstić information content (AvgIpc) is 2.75. The second kappa shape index (κ2) is 18.3. The van der Waals surface area contributed by atoms with E-state index < -0.39 is 11.9 Å². The molecule has 2 rings (SSSR count). The summed E-state index contributed by atoms with van der Waals surface area (Å²) >= 11 is 11.0. The number of halogens is 2. The van der Waals surface area contributed by atoms with E-state index in [2.05, 4.69) is 9.97 Å². The summed E-state index contributed by atoms with van der Waals surface area (Å²) < 4.78 is 10.6. The summed E-state index contributed by atoms with van der Waals surface area (Å²) in [6.07, 6.45) is 6.26. The van der Waals surface area contributed by atoms with Crippen molar-refractivity contribution in [3.8, 4) is 11.5 Å². The Morgan fingerprint density at radius 2 is 1.13 bits per heavy atom. The van der Waals surface area contributed by atoms with E-state index in [4.69, 9.17) is 32.7 Å². The van der Waals surface area contributed by atoms with Crippen molar-refractivity contribution in [2.24, 2.45) is 0 Å². The number of rotatable bonds is 12. The molecule has 164 valence electrons. The molecule has 0 aliphatic carbocycles. The molecule has 8 nitrogen and oxygen atoms in total. The van der Waals surface area contributed by atoms with Crippen LogP contribution in [-0.2, 0) is 0 Å². The number of pyridine rings is 2. The summed E-state index contributed by atoms with van der Waals surface area (Å²) in [5.74, 6) is -0.243. The molecule has 0 saturated carbocycles. The standard InChI is InChI=1S/2C10H12ClNO3.Ca/c2*11-5-1-2-6-15-8-3-4-9(10(13)14)12-7-8;/h2*3-4,7H,1-2,5-6H2,(H,13,14);/q;;+2/p-2. The van der Waals surface area contributed by atoms with Crippen LogP contribution in [0.25, 0.3) is 0 Å². The third-order valence-corrected chi connectivity index (χ3v) is 4.02. The van der Waals surface area contributed by atoms with Crippen LogP contribution in [0, 0.1) is 0 Å². The summed E-state index contributed by atoms with van der Waals surface area (Å²) in [6, 6.07) is 5.82. The van der Waals surface area contributed by atoms with Crippen LogP contribution in [0.5, 0.6) is 11.5 Å². The number of aromatic carboxylic acids is 2. The maximum atomic E-state index is 10.4. The number of hydrogen-bond donors (Lipinski definition) is 0. The normalized spacial score (nSPS) is 9.61. The van der Waals surface area contributed by atoms with Gasteiger partial charge in [0.15, 0.2) is 0 Å². The van der Waals surface area contributed by atoms with Gasteiger partial charge in [0.1, 0.15) is 11.5 Å². The van der Waals surface area contributed by atoms with Gasteiger partial charge in [-0.15, -0.1) is 23.2 Å². The molecule has 0 amide bonds. The first-order chi connectivity index (χ1) is 14.5. The summed E-state index contributed by atoms with van der Waals surface area (Å²) in [5.41, 5.74) is -0.189. The second-order valence-electron chi connectivity index (χ2n) is 5.82. The molecule has 0 saturated heterocycles. The van der Waals surface area contributed by atoms with Gasteiger partial charge >= 0.3 is 37.7 Å². The Hall–Kier alpha value is -1.32. The van der Waals surface area contributed by atoms with Crippen LogP contribution in [0.3, 0.4) is 0 Å².